The number of benzene rings is 1. The van der Waals surface area contributed by atoms with Gasteiger partial charge in [0, 0.05) is 6.20 Å². The largest absolute Gasteiger partial charge is 0.497 e. The second kappa shape index (κ2) is 8.34. The van der Waals surface area contributed by atoms with Crippen LogP contribution < -0.4 is 14.8 Å². The first-order chi connectivity index (χ1) is 11.9. The van der Waals surface area contributed by atoms with Gasteiger partial charge in [0.05, 0.1) is 7.11 Å². The van der Waals surface area contributed by atoms with E-state index >= 15 is 0 Å². The van der Waals surface area contributed by atoms with Crippen LogP contribution in [0.2, 0.25) is 0 Å². The van der Waals surface area contributed by atoms with Gasteiger partial charge in [-0.2, -0.15) is 13.2 Å². The van der Waals surface area contributed by atoms with Gasteiger partial charge < -0.3 is 19.5 Å². The van der Waals surface area contributed by atoms with Crippen LogP contribution in [-0.2, 0) is 9.53 Å². The van der Waals surface area contributed by atoms with Gasteiger partial charge in [0.1, 0.15) is 30.4 Å². The van der Waals surface area contributed by atoms with E-state index in [-0.39, 0.29) is 11.6 Å². The topological polar surface area (TPSA) is 69.7 Å². The number of rotatable bonds is 7. The van der Waals surface area contributed by atoms with Crippen LogP contribution in [0.25, 0.3) is 0 Å². The Morgan fingerprint density at radius 1 is 1.16 bits per heavy atom. The maximum Gasteiger partial charge on any atom is 0.411 e. The monoisotopic (exact) mass is 356 g/mol. The lowest BCUT2D eigenvalue weighted by Crippen LogP contribution is -2.24. The molecular formula is C16H15F3N2O4. The average molecular weight is 356 g/mol. The zero-order valence-corrected chi connectivity index (χ0v) is 13.2. The van der Waals surface area contributed by atoms with E-state index in [9.17, 15) is 18.0 Å². The number of alkyl halides is 3. The number of carbonyl (C=O) groups is 1. The van der Waals surface area contributed by atoms with Crippen molar-refractivity contribution in [3.63, 3.8) is 0 Å². The van der Waals surface area contributed by atoms with Crippen molar-refractivity contribution in [2.45, 2.75) is 6.18 Å². The highest BCUT2D eigenvalue weighted by Crippen LogP contribution is 2.28. The Balaban J connectivity index is 1.98. The van der Waals surface area contributed by atoms with E-state index in [4.69, 9.17) is 9.47 Å². The third kappa shape index (κ3) is 6.30. The van der Waals surface area contributed by atoms with Crippen LogP contribution in [0.5, 0.6) is 17.4 Å². The van der Waals surface area contributed by atoms with Crippen LogP contribution in [-0.4, -0.2) is 37.4 Å². The molecule has 0 unspecified atom stereocenters. The number of ether oxygens (including phenoxy) is 3. The molecule has 0 spiro atoms. The Kier molecular flexibility index (Phi) is 6.18. The molecule has 0 aliphatic carbocycles. The van der Waals surface area contributed by atoms with Gasteiger partial charge in [-0.25, -0.2) is 4.98 Å². The van der Waals surface area contributed by atoms with Crippen LogP contribution in [0.4, 0.5) is 18.9 Å². The summed E-state index contributed by atoms with van der Waals surface area (Å²) >= 11 is 0. The van der Waals surface area contributed by atoms with Gasteiger partial charge in [-0.1, -0.05) is 0 Å². The minimum Gasteiger partial charge on any atom is -0.497 e. The van der Waals surface area contributed by atoms with Crippen molar-refractivity contribution in [1.29, 1.82) is 0 Å². The predicted octanol–water partition coefficient (Wildman–Crippen LogP) is 3.40. The number of aromatic nitrogens is 1. The average Bonchev–Trinajstić information content (AvgIpc) is 2.56. The molecule has 9 heteroatoms. The summed E-state index contributed by atoms with van der Waals surface area (Å²) in [6.07, 6.45) is -3.04. The molecule has 1 amide bonds. The summed E-state index contributed by atoms with van der Waals surface area (Å²) in [6, 6.07) is 9.71. The fourth-order valence-electron chi connectivity index (χ4n) is 1.77. The van der Waals surface area contributed by atoms with E-state index in [0.717, 1.165) is 0 Å². The van der Waals surface area contributed by atoms with Crippen molar-refractivity contribution in [2.24, 2.45) is 0 Å². The Labute approximate surface area is 141 Å². The van der Waals surface area contributed by atoms with E-state index in [0.29, 0.717) is 11.5 Å². The molecule has 0 saturated heterocycles. The Hall–Kier alpha value is -2.81. The quantitative estimate of drug-likeness (QED) is 0.823. The van der Waals surface area contributed by atoms with Gasteiger partial charge in [-0.3, -0.25) is 4.79 Å². The number of carbonyl (C=O) groups excluding carboxylic acids is 1. The molecule has 1 N–H and O–H groups in total. The molecule has 0 fully saturated rings. The lowest BCUT2D eigenvalue weighted by molar-refractivity contribution is -0.174. The summed E-state index contributed by atoms with van der Waals surface area (Å²) in [7, 11) is 1.53. The lowest BCUT2D eigenvalue weighted by atomic mass is 10.3. The number of pyridine rings is 1. The number of methoxy groups -OCH3 is 1. The lowest BCUT2D eigenvalue weighted by Gasteiger charge is -2.12. The number of nitrogens with one attached hydrogen (secondary N) is 1. The number of anilines is 1. The van der Waals surface area contributed by atoms with Crippen LogP contribution in [0.3, 0.4) is 0 Å². The van der Waals surface area contributed by atoms with Crippen LogP contribution >= 0.6 is 0 Å². The molecule has 0 atom stereocenters. The Bertz CT molecular complexity index is 705. The molecule has 2 rings (SSSR count). The summed E-state index contributed by atoms with van der Waals surface area (Å²) < 4.78 is 50.9. The standard InChI is InChI=1S/C16H15F3N2O4/c1-23-11-4-6-12(7-5-11)25-15-13(3-2-8-20-15)21-14(22)9-24-10-16(17,18)19/h2-8H,9-10H2,1H3,(H,21,22). The molecule has 1 heterocycles. The second-order valence-electron chi connectivity index (χ2n) is 4.79. The molecule has 0 radical (unpaired) electrons. The van der Waals surface area contributed by atoms with E-state index < -0.39 is 25.3 Å². The number of hydrogen-bond donors (Lipinski definition) is 1. The van der Waals surface area contributed by atoms with Crippen LogP contribution in [0.1, 0.15) is 0 Å². The molecular weight excluding hydrogens is 341 g/mol. The van der Waals surface area contributed by atoms with Gasteiger partial charge in [-0.15, -0.1) is 0 Å². The molecule has 1 aromatic heterocycles. The summed E-state index contributed by atoms with van der Waals surface area (Å²) in [4.78, 5) is 15.7. The second-order valence-corrected chi connectivity index (χ2v) is 4.79. The maximum atomic E-state index is 12.0. The summed E-state index contributed by atoms with van der Waals surface area (Å²) in [5.41, 5.74) is 0.207. The highest BCUT2D eigenvalue weighted by atomic mass is 19.4. The third-order valence-corrected chi connectivity index (χ3v) is 2.82. The zero-order chi connectivity index (χ0) is 18.3. The smallest absolute Gasteiger partial charge is 0.411 e. The SMILES string of the molecule is COc1ccc(Oc2ncccc2NC(=O)COCC(F)(F)F)cc1. The molecule has 1 aromatic carbocycles. The first-order valence-electron chi connectivity index (χ1n) is 7.08. The van der Waals surface area contributed by atoms with Crippen molar-refractivity contribution in [3.8, 4) is 17.4 Å². The fourth-order valence-corrected chi connectivity index (χ4v) is 1.77. The Morgan fingerprint density at radius 2 is 1.84 bits per heavy atom. The summed E-state index contributed by atoms with van der Waals surface area (Å²) in [5, 5.41) is 2.40. The van der Waals surface area contributed by atoms with Gasteiger partial charge in [0.15, 0.2) is 0 Å². The molecule has 0 saturated carbocycles. The van der Waals surface area contributed by atoms with Crippen molar-refractivity contribution >= 4 is 11.6 Å². The minimum absolute atomic E-state index is 0.0943. The van der Waals surface area contributed by atoms with Crippen LogP contribution in [0, 0.1) is 0 Å². The molecule has 6 nitrogen and oxygen atoms in total. The molecule has 25 heavy (non-hydrogen) atoms. The molecule has 0 aliphatic rings. The van der Waals surface area contributed by atoms with Crippen LogP contribution in [0.15, 0.2) is 42.6 Å². The molecule has 0 aliphatic heterocycles. The van der Waals surface area contributed by atoms with E-state index in [1.54, 1.807) is 30.3 Å². The maximum absolute atomic E-state index is 12.0. The first kappa shape index (κ1) is 18.5. The highest BCUT2D eigenvalue weighted by Gasteiger charge is 2.27. The Morgan fingerprint density at radius 3 is 2.48 bits per heavy atom. The first-order valence-corrected chi connectivity index (χ1v) is 7.08. The number of amides is 1. The van der Waals surface area contributed by atoms with Gasteiger partial charge >= 0.3 is 6.18 Å². The van der Waals surface area contributed by atoms with Crippen molar-refractivity contribution < 1.29 is 32.2 Å². The highest BCUT2D eigenvalue weighted by molar-refractivity contribution is 5.92. The molecule has 134 valence electrons. The zero-order valence-electron chi connectivity index (χ0n) is 13.2. The van der Waals surface area contributed by atoms with E-state index in [1.165, 1.54) is 19.4 Å². The van der Waals surface area contributed by atoms with Crippen molar-refractivity contribution in [3.05, 3.63) is 42.6 Å². The van der Waals surface area contributed by atoms with Crippen molar-refractivity contribution in [2.75, 3.05) is 25.6 Å². The molecule has 0 bridgehead atoms. The number of halogens is 3. The van der Waals surface area contributed by atoms with E-state index in [1.807, 2.05) is 0 Å². The minimum atomic E-state index is -4.49. The predicted molar refractivity (Wildman–Crippen MR) is 82.8 cm³/mol. The summed E-state index contributed by atoms with van der Waals surface area (Å²) in [5.74, 6) is 0.431. The number of hydrogen-bond acceptors (Lipinski definition) is 5. The summed E-state index contributed by atoms with van der Waals surface area (Å²) in [6.45, 7) is -2.24. The van der Waals surface area contributed by atoms with Crippen molar-refractivity contribution in [1.82, 2.24) is 4.98 Å². The fraction of sp³-hybridized carbons (Fsp3) is 0.250. The van der Waals surface area contributed by atoms with Gasteiger partial charge in [0.25, 0.3) is 5.91 Å². The van der Waals surface area contributed by atoms with E-state index in [2.05, 4.69) is 15.0 Å². The van der Waals surface area contributed by atoms with Gasteiger partial charge in [0.2, 0.25) is 5.88 Å². The molecule has 2 aromatic rings. The third-order valence-electron chi connectivity index (χ3n) is 2.82. The normalized spacial score (nSPS) is 11.0. The van der Waals surface area contributed by atoms with Gasteiger partial charge in [-0.05, 0) is 36.4 Å². The number of nitrogens with zero attached hydrogens (tertiary/aromatic N) is 1.